The zero-order valence-corrected chi connectivity index (χ0v) is 16.2. The first-order chi connectivity index (χ1) is 13.1. The van der Waals surface area contributed by atoms with Crippen molar-refractivity contribution in [2.24, 2.45) is 0 Å². The molecule has 0 saturated heterocycles. The second-order valence-electron chi connectivity index (χ2n) is 6.70. The molecular weight excluding hydrogens is 356 g/mol. The van der Waals surface area contributed by atoms with Crippen LogP contribution in [0.2, 0.25) is 0 Å². The molecule has 1 aliphatic heterocycles. The summed E-state index contributed by atoms with van der Waals surface area (Å²) in [5.41, 5.74) is 2.23. The number of nitrogens with one attached hydrogen (secondary N) is 1. The number of aromatic nitrogens is 2. The lowest BCUT2D eigenvalue weighted by atomic mass is 10.0. The minimum atomic E-state index is 0.179. The summed E-state index contributed by atoms with van der Waals surface area (Å²) in [6, 6.07) is 15.8. The molecule has 1 aliphatic rings. The molecule has 4 rings (SSSR count). The van der Waals surface area contributed by atoms with E-state index in [4.69, 9.17) is 0 Å². The van der Waals surface area contributed by atoms with Crippen molar-refractivity contribution in [2.45, 2.75) is 29.2 Å². The number of phenolic OH excluding ortho intramolecular Hbond substituents is 1. The van der Waals surface area contributed by atoms with E-state index in [0.717, 1.165) is 45.6 Å². The number of hydrogen-bond donors (Lipinski definition) is 2. The van der Waals surface area contributed by atoms with Gasteiger partial charge >= 0.3 is 0 Å². The van der Waals surface area contributed by atoms with Crippen LogP contribution in [0.3, 0.4) is 0 Å². The van der Waals surface area contributed by atoms with Crippen LogP contribution in [0.1, 0.15) is 23.9 Å². The molecule has 6 heteroatoms. The number of hydrogen-bond acceptors (Lipinski definition) is 6. The van der Waals surface area contributed by atoms with Gasteiger partial charge in [-0.3, -0.25) is 0 Å². The van der Waals surface area contributed by atoms with Crippen molar-refractivity contribution in [3.63, 3.8) is 0 Å². The number of nitrogens with zero attached hydrogens (tertiary/aromatic N) is 3. The Hall–Kier alpha value is -2.73. The summed E-state index contributed by atoms with van der Waals surface area (Å²) in [4.78, 5) is 13.5. The van der Waals surface area contributed by atoms with Crippen molar-refractivity contribution in [1.29, 1.82) is 0 Å². The van der Waals surface area contributed by atoms with Crippen molar-refractivity contribution in [3.8, 4) is 5.75 Å². The zero-order valence-electron chi connectivity index (χ0n) is 15.4. The van der Waals surface area contributed by atoms with Crippen LogP contribution in [0.25, 0.3) is 0 Å². The Kier molecular flexibility index (Phi) is 4.90. The molecule has 138 valence electrons. The molecule has 0 spiro atoms. The van der Waals surface area contributed by atoms with Gasteiger partial charge in [0, 0.05) is 40.8 Å². The molecule has 5 nitrogen and oxygen atoms in total. The average molecular weight is 379 g/mol. The van der Waals surface area contributed by atoms with Crippen molar-refractivity contribution in [3.05, 3.63) is 66.1 Å². The van der Waals surface area contributed by atoms with Crippen molar-refractivity contribution < 1.29 is 5.11 Å². The molecule has 1 atom stereocenters. The second-order valence-corrected chi connectivity index (χ2v) is 7.81. The van der Waals surface area contributed by atoms with E-state index in [1.54, 1.807) is 23.9 Å². The van der Waals surface area contributed by atoms with Crippen molar-refractivity contribution in [2.75, 3.05) is 23.8 Å². The van der Waals surface area contributed by atoms with Gasteiger partial charge < -0.3 is 15.3 Å². The van der Waals surface area contributed by atoms with Crippen LogP contribution in [0, 0.1) is 6.92 Å². The van der Waals surface area contributed by atoms with E-state index in [0.29, 0.717) is 0 Å². The number of para-hydroxylation sites is 1. The Morgan fingerprint density at radius 1 is 1.15 bits per heavy atom. The van der Waals surface area contributed by atoms with Crippen LogP contribution in [0.5, 0.6) is 5.75 Å². The van der Waals surface area contributed by atoms with Crippen LogP contribution < -0.4 is 10.2 Å². The first kappa shape index (κ1) is 17.7. The van der Waals surface area contributed by atoms with Gasteiger partial charge in [-0.1, -0.05) is 23.9 Å². The molecule has 0 fully saturated rings. The van der Waals surface area contributed by atoms with Gasteiger partial charge in [-0.15, -0.1) is 0 Å². The van der Waals surface area contributed by atoms with E-state index in [1.165, 1.54) is 0 Å². The molecule has 2 N–H and O–H groups in total. The fourth-order valence-electron chi connectivity index (χ4n) is 3.26. The number of rotatable bonds is 4. The largest absolute Gasteiger partial charge is 0.508 e. The number of phenols is 1. The Labute approximate surface area is 163 Å². The number of fused-ring (bicyclic) bond motifs is 1. The standard InChI is InChI=1S/C21H22N4OS/c1-14-22-13-17-18(11-12-25(2)21(17)23-14)24-19-5-3-4-6-20(19)27-16-9-7-15(26)8-10-16/h3-10,13,18,24,26H,11-12H2,1-2H3. The van der Waals surface area contributed by atoms with Crippen LogP contribution in [-0.4, -0.2) is 28.7 Å². The molecule has 0 amide bonds. The Morgan fingerprint density at radius 2 is 1.93 bits per heavy atom. The lowest BCUT2D eigenvalue weighted by Crippen LogP contribution is -2.31. The van der Waals surface area contributed by atoms with Gasteiger partial charge in [0.15, 0.2) is 0 Å². The first-order valence-corrected chi connectivity index (χ1v) is 9.79. The van der Waals surface area contributed by atoms with Gasteiger partial charge in [-0.05, 0) is 49.7 Å². The van der Waals surface area contributed by atoms with Crippen LogP contribution in [0.4, 0.5) is 11.5 Å². The highest BCUT2D eigenvalue weighted by molar-refractivity contribution is 7.99. The minimum Gasteiger partial charge on any atom is -0.508 e. The SMILES string of the molecule is Cc1ncc2c(n1)N(C)CCC2Nc1ccccc1Sc1ccc(O)cc1. The van der Waals surface area contributed by atoms with Gasteiger partial charge in [0.2, 0.25) is 0 Å². The Morgan fingerprint density at radius 3 is 2.74 bits per heavy atom. The van der Waals surface area contributed by atoms with Gasteiger partial charge in [0.25, 0.3) is 0 Å². The Balaban J connectivity index is 1.60. The van der Waals surface area contributed by atoms with Crippen LogP contribution in [0.15, 0.2) is 64.5 Å². The van der Waals surface area contributed by atoms with Gasteiger partial charge in [0.05, 0.1) is 6.04 Å². The predicted octanol–water partition coefficient (Wildman–Crippen LogP) is 4.63. The third-order valence-electron chi connectivity index (χ3n) is 4.69. The number of aryl methyl sites for hydroxylation is 1. The molecule has 2 aromatic carbocycles. The maximum atomic E-state index is 9.49. The maximum absolute atomic E-state index is 9.49. The van der Waals surface area contributed by atoms with E-state index < -0.39 is 0 Å². The molecule has 1 unspecified atom stereocenters. The fourth-order valence-corrected chi connectivity index (χ4v) is 4.17. The quantitative estimate of drug-likeness (QED) is 0.690. The highest BCUT2D eigenvalue weighted by atomic mass is 32.2. The summed E-state index contributed by atoms with van der Waals surface area (Å²) in [5, 5.41) is 13.2. The fraction of sp³-hybridized carbons (Fsp3) is 0.238. The van der Waals surface area contributed by atoms with Crippen LogP contribution >= 0.6 is 11.8 Å². The summed E-state index contributed by atoms with van der Waals surface area (Å²) in [6.45, 7) is 2.88. The third kappa shape index (κ3) is 3.85. The summed E-state index contributed by atoms with van der Waals surface area (Å²) >= 11 is 1.68. The summed E-state index contributed by atoms with van der Waals surface area (Å²) in [5.74, 6) is 2.09. The average Bonchev–Trinajstić information content (AvgIpc) is 2.67. The zero-order chi connectivity index (χ0) is 18.8. The van der Waals surface area contributed by atoms with E-state index >= 15 is 0 Å². The summed E-state index contributed by atoms with van der Waals surface area (Å²) < 4.78 is 0. The van der Waals surface area contributed by atoms with Gasteiger partial charge in [0.1, 0.15) is 17.4 Å². The highest BCUT2D eigenvalue weighted by Crippen LogP contribution is 2.38. The number of benzene rings is 2. The summed E-state index contributed by atoms with van der Waals surface area (Å²) in [6.07, 6.45) is 2.94. The maximum Gasteiger partial charge on any atom is 0.137 e. The normalized spacial score (nSPS) is 16.1. The molecule has 0 saturated carbocycles. The number of anilines is 2. The third-order valence-corrected chi connectivity index (χ3v) is 5.77. The monoisotopic (exact) mass is 378 g/mol. The second kappa shape index (κ2) is 7.48. The molecule has 1 aromatic heterocycles. The first-order valence-electron chi connectivity index (χ1n) is 8.97. The summed E-state index contributed by atoms with van der Waals surface area (Å²) in [7, 11) is 2.08. The molecule has 27 heavy (non-hydrogen) atoms. The predicted molar refractivity (Wildman–Crippen MR) is 110 cm³/mol. The molecule has 0 bridgehead atoms. The molecular formula is C21H22N4OS. The lowest BCUT2D eigenvalue weighted by Gasteiger charge is -2.33. The molecule has 0 aliphatic carbocycles. The topological polar surface area (TPSA) is 61.3 Å². The number of aromatic hydroxyl groups is 1. The highest BCUT2D eigenvalue weighted by Gasteiger charge is 2.25. The minimum absolute atomic E-state index is 0.179. The van der Waals surface area contributed by atoms with Crippen molar-refractivity contribution >= 4 is 23.3 Å². The van der Waals surface area contributed by atoms with E-state index in [2.05, 4.69) is 39.4 Å². The lowest BCUT2D eigenvalue weighted by molar-refractivity contribution is 0.475. The molecule has 0 radical (unpaired) electrons. The van der Waals surface area contributed by atoms with Gasteiger partial charge in [-0.25, -0.2) is 9.97 Å². The Bertz CT molecular complexity index is 945. The molecule has 3 aromatic rings. The van der Waals surface area contributed by atoms with E-state index in [1.807, 2.05) is 37.4 Å². The van der Waals surface area contributed by atoms with Gasteiger partial charge in [-0.2, -0.15) is 0 Å². The van der Waals surface area contributed by atoms with Crippen LogP contribution in [-0.2, 0) is 0 Å². The molecule has 2 heterocycles. The van der Waals surface area contributed by atoms with E-state index in [-0.39, 0.29) is 11.8 Å². The smallest absolute Gasteiger partial charge is 0.137 e. The van der Waals surface area contributed by atoms with Crippen molar-refractivity contribution in [1.82, 2.24) is 9.97 Å². The van der Waals surface area contributed by atoms with E-state index in [9.17, 15) is 5.11 Å².